The molecule has 0 bridgehead atoms. The summed E-state index contributed by atoms with van der Waals surface area (Å²) in [6, 6.07) is 16.7. The summed E-state index contributed by atoms with van der Waals surface area (Å²) in [4.78, 5) is 11.0. The van der Waals surface area contributed by atoms with Crippen LogP contribution in [0.25, 0.3) is 21.7 Å². The van der Waals surface area contributed by atoms with Crippen LogP contribution in [0.1, 0.15) is 23.0 Å². The molecular weight excluding hydrogens is 411 g/mol. The van der Waals surface area contributed by atoms with Crippen molar-refractivity contribution in [2.24, 2.45) is 5.73 Å². The average molecular weight is 429 g/mol. The van der Waals surface area contributed by atoms with Crippen molar-refractivity contribution >= 4 is 57.1 Å². The molecule has 7 heteroatoms. The third-order valence-electron chi connectivity index (χ3n) is 4.14. The Hall–Kier alpha value is -3.02. The van der Waals surface area contributed by atoms with Crippen molar-refractivity contribution in [2.45, 2.75) is 6.92 Å². The number of hydrogen-bond acceptors (Lipinski definition) is 4. The number of carbonyl (C=O) groups is 1. The smallest absolute Gasteiger partial charge is 0.284 e. The number of hydrogen-bond donors (Lipinski definition) is 2. The van der Waals surface area contributed by atoms with Crippen molar-refractivity contribution in [3.8, 4) is 5.75 Å². The van der Waals surface area contributed by atoms with E-state index >= 15 is 0 Å². The monoisotopic (exact) mass is 428 g/mol. The van der Waals surface area contributed by atoms with Gasteiger partial charge in [-0.3, -0.25) is 4.79 Å². The molecule has 148 valence electrons. The van der Waals surface area contributed by atoms with Gasteiger partial charge in [0.25, 0.3) is 5.91 Å². The molecule has 0 radical (unpaired) electrons. The molecule has 0 spiro atoms. The van der Waals surface area contributed by atoms with E-state index in [1.165, 1.54) is 6.21 Å². The molecule has 4 rings (SSSR count). The standard InChI is InChI=1S/C13H9NO2.C9H9Cl2NO/c14-13(15)12-7-10-9-4-2-1-3-8(9)5-6-11(10)16-12;1-2-13-9-7(10)3-6(5-12)4-8(9)11/h1-7H,(H2,14,15);3-5,12H,2H2,1H3. The quantitative estimate of drug-likeness (QED) is 0.386. The van der Waals surface area contributed by atoms with Gasteiger partial charge in [-0.2, -0.15) is 0 Å². The summed E-state index contributed by atoms with van der Waals surface area (Å²) in [6.07, 6.45) is 1.19. The molecule has 1 aromatic heterocycles. The maximum absolute atomic E-state index is 11.0. The van der Waals surface area contributed by atoms with Gasteiger partial charge in [0.1, 0.15) is 5.58 Å². The van der Waals surface area contributed by atoms with Crippen LogP contribution in [-0.4, -0.2) is 18.7 Å². The van der Waals surface area contributed by atoms with Gasteiger partial charge in [-0.25, -0.2) is 0 Å². The van der Waals surface area contributed by atoms with E-state index in [0.717, 1.165) is 16.2 Å². The Balaban J connectivity index is 0.000000170. The van der Waals surface area contributed by atoms with E-state index in [1.807, 2.05) is 43.3 Å². The highest BCUT2D eigenvalue weighted by Gasteiger charge is 2.10. The van der Waals surface area contributed by atoms with Gasteiger partial charge in [0.15, 0.2) is 11.5 Å². The molecule has 0 saturated carbocycles. The van der Waals surface area contributed by atoms with Crippen molar-refractivity contribution < 1.29 is 13.9 Å². The summed E-state index contributed by atoms with van der Waals surface area (Å²) in [5.41, 5.74) is 6.54. The summed E-state index contributed by atoms with van der Waals surface area (Å²) in [5, 5.41) is 11.0. The van der Waals surface area contributed by atoms with E-state index < -0.39 is 5.91 Å². The van der Waals surface area contributed by atoms with Gasteiger partial charge in [-0.05, 0) is 47.5 Å². The molecule has 1 amide bonds. The Morgan fingerprint density at radius 1 is 1.10 bits per heavy atom. The number of nitrogens with two attached hydrogens (primary N) is 1. The Morgan fingerprint density at radius 2 is 1.79 bits per heavy atom. The maximum atomic E-state index is 11.0. The number of furan rings is 1. The van der Waals surface area contributed by atoms with Gasteiger partial charge in [0.05, 0.1) is 16.7 Å². The predicted octanol–water partition coefficient (Wildman–Crippen LogP) is 6.07. The first-order valence-electron chi connectivity index (χ1n) is 8.78. The number of halogens is 2. The molecule has 0 aliphatic rings. The number of fused-ring (bicyclic) bond motifs is 3. The lowest BCUT2D eigenvalue weighted by molar-refractivity contribution is 0.0976. The minimum Gasteiger partial charge on any atom is -0.491 e. The zero-order valence-corrected chi connectivity index (χ0v) is 17.1. The predicted molar refractivity (Wildman–Crippen MR) is 118 cm³/mol. The molecule has 0 fully saturated rings. The van der Waals surface area contributed by atoms with E-state index in [9.17, 15) is 4.79 Å². The average Bonchev–Trinajstić information content (AvgIpc) is 3.16. The third-order valence-corrected chi connectivity index (χ3v) is 4.71. The second-order valence-electron chi connectivity index (χ2n) is 6.06. The first-order valence-corrected chi connectivity index (χ1v) is 9.53. The fourth-order valence-electron chi connectivity index (χ4n) is 2.86. The summed E-state index contributed by atoms with van der Waals surface area (Å²) < 4.78 is 10.6. The molecule has 3 N–H and O–H groups in total. The fraction of sp³-hybridized carbons (Fsp3) is 0.0909. The molecule has 4 aromatic rings. The van der Waals surface area contributed by atoms with E-state index in [1.54, 1.807) is 18.2 Å². The Labute approximate surface area is 177 Å². The Kier molecular flexibility index (Phi) is 6.42. The number of benzene rings is 3. The van der Waals surface area contributed by atoms with Crippen molar-refractivity contribution in [3.63, 3.8) is 0 Å². The molecule has 0 aliphatic heterocycles. The van der Waals surface area contributed by atoms with Crippen molar-refractivity contribution in [2.75, 3.05) is 6.61 Å². The summed E-state index contributed by atoms with van der Waals surface area (Å²) in [7, 11) is 0. The lowest BCUT2D eigenvalue weighted by Crippen LogP contribution is -2.08. The van der Waals surface area contributed by atoms with Gasteiger partial charge in [-0.1, -0.05) is 53.5 Å². The lowest BCUT2D eigenvalue weighted by Gasteiger charge is -2.08. The number of rotatable bonds is 4. The zero-order valence-electron chi connectivity index (χ0n) is 15.5. The highest BCUT2D eigenvalue weighted by atomic mass is 35.5. The van der Waals surface area contributed by atoms with Crippen LogP contribution < -0.4 is 10.5 Å². The molecule has 0 unspecified atom stereocenters. The molecule has 5 nitrogen and oxygen atoms in total. The first kappa shape index (κ1) is 20.7. The SMILES string of the molecule is CCOc1c(Cl)cc(C=N)cc1Cl.NC(=O)c1cc2c(ccc3ccccc32)o1. The Bertz CT molecular complexity index is 1180. The minimum atomic E-state index is -0.541. The fourth-order valence-corrected chi connectivity index (χ4v) is 3.47. The van der Waals surface area contributed by atoms with Crippen molar-refractivity contribution in [1.29, 1.82) is 5.41 Å². The van der Waals surface area contributed by atoms with E-state index in [4.69, 9.17) is 43.5 Å². The highest BCUT2D eigenvalue weighted by Crippen LogP contribution is 2.33. The highest BCUT2D eigenvalue weighted by molar-refractivity contribution is 6.37. The van der Waals surface area contributed by atoms with E-state index in [0.29, 0.717) is 33.5 Å². The summed E-state index contributed by atoms with van der Waals surface area (Å²) >= 11 is 11.8. The molecular formula is C22H18Cl2N2O3. The van der Waals surface area contributed by atoms with E-state index in [-0.39, 0.29) is 5.76 Å². The Morgan fingerprint density at radius 3 is 2.41 bits per heavy atom. The molecule has 0 atom stereocenters. The summed E-state index contributed by atoms with van der Waals surface area (Å²) in [5.74, 6) is 0.142. The maximum Gasteiger partial charge on any atom is 0.284 e. The van der Waals surface area contributed by atoms with Gasteiger partial charge in [0, 0.05) is 11.6 Å². The van der Waals surface area contributed by atoms with Crippen molar-refractivity contribution in [1.82, 2.24) is 0 Å². The number of ether oxygens (including phenoxy) is 1. The first-order chi connectivity index (χ1) is 13.9. The summed E-state index contributed by atoms with van der Waals surface area (Å²) in [6.45, 7) is 2.38. The van der Waals surface area contributed by atoms with Crippen LogP contribution in [0.3, 0.4) is 0 Å². The van der Waals surface area contributed by atoms with Crippen LogP contribution in [0, 0.1) is 5.41 Å². The lowest BCUT2D eigenvalue weighted by atomic mass is 10.1. The van der Waals surface area contributed by atoms with Crippen LogP contribution >= 0.6 is 23.2 Å². The topological polar surface area (TPSA) is 89.3 Å². The van der Waals surface area contributed by atoms with Crippen LogP contribution in [0.2, 0.25) is 10.0 Å². The zero-order chi connectivity index (χ0) is 21.0. The molecule has 0 saturated heterocycles. The van der Waals surface area contributed by atoms with Crippen LogP contribution in [0.15, 0.2) is 59.0 Å². The van der Waals surface area contributed by atoms with Crippen LogP contribution in [0.5, 0.6) is 5.75 Å². The number of carbonyl (C=O) groups excluding carboxylic acids is 1. The van der Waals surface area contributed by atoms with Gasteiger partial charge < -0.3 is 20.3 Å². The molecule has 1 heterocycles. The largest absolute Gasteiger partial charge is 0.491 e. The minimum absolute atomic E-state index is 0.200. The van der Waals surface area contributed by atoms with E-state index in [2.05, 4.69) is 0 Å². The van der Waals surface area contributed by atoms with Gasteiger partial charge in [-0.15, -0.1) is 0 Å². The molecule has 3 aromatic carbocycles. The van der Waals surface area contributed by atoms with Gasteiger partial charge in [0.2, 0.25) is 0 Å². The van der Waals surface area contributed by atoms with Gasteiger partial charge >= 0.3 is 0 Å². The normalized spacial score (nSPS) is 10.4. The molecule has 29 heavy (non-hydrogen) atoms. The van der Waals surface area contributed by atoms with Crippen LogP contribution in [-0.2, 0) is 0 Å². The number of primary amides is 1. The number of nitrogens with one attached hydrogen (secondary N) is 1. The second-order valence-corrected chi connectivity index (χ2v) is 6.88. The second kappa shape index (κ2) is 8.99. The number of amides is 1. The van der Waals surface area contributed by atoms with Crippen molar-refractivity contribution in [3.05, 3.63) is 76.0 Å². The van der Waals surface area contributed by atoms with Crippen LogP contribution in [0.4, 0.5) is 0 Å². The third kappa shape index (κ3) is 4.53. The molecule has 0 aliphatic carbocycles.